The van der Waals surface area contributed by atoms with E-state index in [-0.39, 0.29) is 17.5 Å². The number of aromatic nitrogens is 1. The second-order valence-electron chi connectivity index (χ2n) is 10.8. The first kappa shape index (κ1) is 27.5. The van der Waals surface area contributed by atoms with E-state index < -0.39 is 12.1 Å². The Balaban J connectivity index is 1.43. The molecule has 2 unspecified atom stereocenters. The number of nitrogens with zero attached hydrogens (tertiary/aromatic N) is 3. The zero-order chi connectivity index (χ0) is 26.4. The topological polar surface area (TPSA) is 84.4 Å². The highest BCUT2D eigenvalue weighted by Crippen LogP contribution is 2.42. The average molecular weight is 532 g/mol. The molecular weight excluding hydrogens is 494 g/mol. The minimum Gasteiger partial charge on any atom is -0.486 e. The van der Waals surface area contributed by atoms with Gasteiger partial charge in [0.25, 0.3) is 0 Å². The molecule has 202 valence electrons. The molecule has 0 radical (unpaired) electrons. The summed E-state index contributed by atoms with van der Waals surface area (Å²) in [6.07, 6.45) is 2.15. The predicted molar refractivity (Wildman–Crippen MR) is 142 cm³/mol. The van der Waals surface area contributed by atoms with Crippen molar-refractivity contribution < 1.29 is 24.1 Å². The zero-order valence-electron chi connectivity index (χ0n) is 21.9. The average Bonchev–Trinajstić information content (AvgIpc) is 2.89. The van der Waals surface area contributed by atoms with Gasteiger partial charge in [0.15, 0.2) is 11.5 Å². The summed E-state index contributed by atoms with van der Waals surface area (Å²) in [6.45, 7) is 9.70. The minimum atomic E-state index is -0.935. The first-order chi connectivity index (χ1) is 17.8. The third kappa shape index (κ3) is 6.86. The number of likely N-dealkylation sites (tertiary alicyclic amines) is 1. The molecule has 8 nitrogen and oxygen atoms in total. The Kier molecular flexibility index (Phi) is 9.16. The van der Waals surface area contributed by atoms with Crippen molar-refractivity contribution in [2.45, 2.75) is 58.3 Å². The van der Waals surface area contributed by atoms with Crippen molar-refractivity contribution >= 4 is 17.7 Å². The summed E-state index contributed by atoms with van der Waals surface area (Å²) in [5.41, 5.74) is 1.43. The standard InChI is InChI=1S/C28H38ClN3O5/c1-28(2,3)26(23-15-24-25(17-30-23)37-14-13-36-24)32(27(33)34)21-9-11-31(12-10-21)22(16-29)19-35-18-20-7-5-4-6-8-20/h4-8,15,17,21-22,26H,9-14,16,18-19H2,1-3H3,(H,33,34). The number of halogens is 1. The fourth-order valence-electron chi connectivity index (χ4n) is 5.26. The van der Waals surface area contributed by atoms with Crippen LogP contribution in [-0.2, 0) is 11.3 Å². The molecule has 2 aliphatic rings. The van der Waals surface area contributed by atoms with Gasteiger partial charge in [0.1, 0.15) is 13.2 Å². The normalized spacial score (nSPS) is 18.3. The molecule has 1 aromatic heterocycles. The fraction of sp³-hybridized carbons (Fsp3) is 0.571. The van der Waals surface area contributed by atoms with Crippen molar-refractivity contribution in [1.82, 2.24) is 14.8 Å². The number of benzene rings is 1. The van der Waals surface area contributed by atoms with E-state index in [1.165, 1.54) is 0 Å². The molecule has 9 heteroatoms. The van der Waals surface area contributed by atoms with Crippen LogP contribution in [0.25, 0.3) is 0 Å². The lowest BCUT2D eigenvalue weighted by Gasteiger charge is -2.46. The van der Waals surface area contributed by atoms with Gasteiger partial charge >= 0.3 is 6.09 Å². The second-order valence-corrected chi connectivity index (χ2v) is 11.1. The van der Waals surface area contributed by atoms with Crippen LogP contribution in [0.2, 0.25) is 0 Å². The number of carboxylic acid groups (broad SMARTS) is 1. The van der Waals surface area contributed by atoms with E-state index in [0.717, 1.165) is 31.5 Å². The monoisotopic (exact) mass is 531 g/mol. The van der Waals surface area contributed by atoms with Gasteiger partial charge in [-0.15, -0.1) is 11.6 Å². The van der Waals surface area contributed by atoms with E-state index in [2.05, 4.69) is 30.7 Å². The summed E-state index contributed by atoms with van der Waals surface area (Å²) in [4.78, 5) is 21.2. The van der Waals surface area contributed by atoms with Gasteiger partial charge in [0.2, 0.25) is 0 Å². The third-order valence-electron chi connectivity index (χ3n) is 7.06. The molecule has 37 heavy (non-hydrogen) atoms. The smallest absolute Gasteiger partial charge is 0.408 e. The van der Waals surface area contributed by atoms with Gasteiger partial charge < -0.3 is 19.3 Å². The molecule has 1 aromatic carbocycles. The van der Waals surface area contributed by atoms with E-state index in [0.29, 0.717) is 49.5 Å². The lowest BCUT2D eigenvalue weighted by molar-refractivity contribution is 0.00741. The molecular formula is C28H38ClN3O5. The number of carbonyl (C=O) groups is 1. The van der Waals surface area contributed by atoms with Gasteiger partial charge in [-0.05, 0) is 23.8 Å². The van der Waals surface area contributed by atoms with E-state index in [4.69, 9.17) is 25.8 Å². The summed E-state index contributed by atoms with van der Waals surface area (Å²) in [7, 11) is 0. The molecule has 4 rings (SSSR count). The number of hydrogen-bond acceptors (Lipinski definition) is 6. The molecule has 1 N–H and O–H groups in total. The Morgan fingerprint density at radius 1 is 1.19 bits per heavy atom. The Hall–Kier alpha value is -2.55. The zero-order valence-corrected chi connectivity index (χ0v) is 22.7. The lowest BCUT2D eigenvalue weighted by Crippen LogP contribution is -2.53. The largest absolute Gasteiger partial charge is 0.486 e. The molecule has 0 spiro atoms. The van der Waals surface area contributed by atoms with Crippen LogP contribution in [0.5, 0.6) is 11.5 Å². The SMILES string of the molecule is CC(C)(C)C(c1cc2c(cn1)OCCO2)N(C(=O)O)C1CCN(C(CCl)COCc2ccccc2)CC1. The highest BCUT2D eigenvalue weighted by Gasteiger charge is 2.41. The number of fused-ring (bicyclic) bond motifs is 1. The van der Waals surface area contributed by atoms with Crippen molar-refractivity contribution in [3.63, 3.8) is 0 Å². The van der Waals surface area contributed by atoms with E-state index >= 15 is 0 Å². The Labute approximate surface area is 224 Å². The lowest BCUT2D eigenvalue weighted by atomic mass is 9.82. The molecule has 2 aliphatic heterocycles. The van der Waals surface area contributed by atoms with Crippen molar-refractivity contribution in [3.8, 4) is 11.5 Å². The van der Waals surface area contributed by atoms with Crippen LogP contribution in [0.4, 0.5) is 4.79 Å². The van der Waals surface area contributed by atoms with Crippen LogP contribution in [0.3, 0.4) is 0 Å². The number of ether oxygens (including phenoxy) is 3. The van der Waals surface area contributed by atoms with Crippen LogP contribution in [0.1, 0.15) is 50.9 Å². The predicted octanol–water partition coefficient (Wildman–Crippen LogP) is 5.21. The van der Waals surface area contributed by atoms with E-state index in [1.807, 2.05) is 36.4 Å². The maximum absolute atomic E-state index is 12.7. The number of pyridine rings is 1. The van der Waals surface area contributed by atoms with Gasteiger partial charge in [-0.1, -0.05) is 51.1 Å². The summed E-state index contributed by atoms with van der Waals surface area (Å²) in [5, 5.41) is 10.4. The second kappa shape index (κ2) is 12.3. The molecule has 2 aromatic rings. The molecule has 0 saturated carbocycles. The Morgan fingerprint density at radius 3 is 2.49 bits per heavy atom. The number of hydrogen-bond donors (Lipinski definition) is 1. The highest BCUT2D eigenvalue weighted by atomic mass is 35.5. The van der Waals surface area contributed by atoms with Gasteiger partial charge in [-0.2, -0.15) is 0 Å². The van der Waals surface area contributed by atoms with Gasteiger partial charge in [-0.3, -0.25) is 14.8 Å². The van der Waals surface area contributed by atoms with Gasteiger partial charge in [0.05, 0.1) is 31.1 Å². The Bertz CT molecular complexity index is 1020. The number of piperidine rings is 1. The van der Waals surface area contributed by atoms with Crippen LogP contribution in [-0.4, -0.2) is 76.9 Å². The van der Waals surface area contributed by atoms with Crippen LogP contribution in [0.15, 0.2) is 42.6 Å². The van der Waals surface area contributed by atoms with Crippen LogP contribution < -0.4 is 9.47 Å². The number of alkyl halides is 1. The summed E-state index contributed by atoms with van der Waals surface area (Å²) >= 11 is 6.32. The fourth-order valence-corrected chi connectivity index (χ4v) is 5.54. The summed E-state index contributed by atoms with van der Waals surface area (Å²) in [5.74, 6) is 1.68. The molecule has 1 fully saturated rings. The molecule has 1 amide bonds. The summed E-state index contributed by atoms with van der Waals surface area (Å²) in [6, 6.07) is 11.4. The Morgan fingerprint density at radius 2 is 1.86 bits per heavy atom. The van der Waals surface area contributed by atoms with Gasteiger partial charge in [-0.25, -0.2) is 4.79 Å². The summed E-state index contributed by atoms with van der Waals surface area (Å²) < 4.78 is 17.3. The molecule has 0 bridgehead atoms. The van der Waals surface area contributed by atoms with Crippen molar-refractivity contribution in [1.29, 1.82) is 0 Å². The maximum Gasteiger partial charge on any atom is 0.408 e. The molecule has 0 aliphatic carbocycles. The van der Waals surface area contributed by atoms with E-state index in [1.54, 1.807) is 11.1 Å². The first-order valence-corrected chi connectivity index (χ1v) is 13.5. The van der Waals surface area contributed by atoms with Crippen molar-refractivity contribution in [2.24, 2.45) is 5.41 Å². The quantitative estimate of drug-likeness (QED) is 0.445. The third-order valence-corrected chi connectivity index (χ3v) is 7.42. The van der Waals surface area contributed by atoms with Gasteiger partial charge in [0, 0.05) is 37.1 Å². The molecule has 3 heterocycles. The molecule has 2 atom stereocenters. The highest BCUT2D eigenvalue weighted by molar-refractivity contribution is 6.18. The molecule has 1 saturated heterocycles. The van der Waals surface area contributed by atoms with Crippen LogP contribution >= 0.6 is 11.6 Å². The van der Waals surface area contributed by atoms with E-state index in [9.17, 15) is 9.90 Å². The number of amides is 1. The minimum absolute atomic E-state index is 0.0856. The maximum atomic E-state index is 12.7. The van der Waals surface area contributed by atoms with Crippen LogP contribution in [0, 0.1) is 5.41 Å². The first-order valence-electron chi connectivity index (χ1n) is 13.0. The number of rotatable bonds is 9. The van der Waals surface area contributed by atoms with Crippen molar-refractivity contribution in [2.75, 3.05) is 38.8 Å². The van der Waals surface area contributed by atoms with Crippen molar-refractivity contribution in [3.05, 3.63) is 53.9 Å².